The highest BCUT2D eigenvalue weighted by Gasteiger charge is 2.39. The predicted molar refractivity (Wildman–Crippen MR) is 116 cm³/mol. The molecule has 10 heteroatoms. The summed E-state index contributed by atoms with van der Waals surface area (Å²) in [5, 5.41) is 7.73. The van der Waals surface area contributed by atoms with Gasteiger partial charge >= 0.3 is 12.1 Å². The lowest BCUT2D eigenvalue weighted by atomic mass is 9.75. The molecule has 1 aromatic carbocycles. The Morgan fingerprint density at radius 3 is 2.59 bits per heavy atom. The molecule has 0 saturated carbocycles. The second kappa shape index (κ2) is 9.77. The average molecular weight is 479 g/mol. The van der Waals surface area contributed by atoms with Crippen LogP contribution < -0.4 is 5.32 Å². The second-order valence-electron chi connectivity index (χ2n) is 8.88. The van der Waals surface area contributed by atoms with Gasteiger partial charge in [-0.3, -0.25) is 9.48 Å². The van der Waals surface area contributed by atoms with Crippen LogP contribution in [0.1, 0.15) is 63.9 Å². The number of rotatable bonds is 6. The number of nitrogens with one attached hydrogen (secondary N) is 1. The molecule has 3 heterocycles. The summed E-state index contributed by atoms with van der Waals surface area (Å²) in [5.74, 6) is -0.792. The van der Waals surface area contributed by atoms with Crippen molar-refractivity contribution >= 4 is 11.9 Å². The molecule has 0 unspecified atom stereocenters. The van der Waals surface area contributed by atoms with E-state index in [0.717, 1.165) is 54.8 Å². The lowest BCUT2D eigenvalue weighted by Crippen LogP contribution is -2.40. The molecule has 7 nitrogen and oxygen atoms in total. The number of hydrogen-bond donors (Lipinski definition) is 1. The molecule has 34 heavy (non-hydrogen) atoms. The van der Waals surface area contributed by atoms with Gasteiger partial charge in [0, 0.05) is 31.9 Å². The zero-order valence-electron chi connectivity index (χ0n) is 19.0. The normalized spacial score (nSPS) is 17.7. The summed E-state index contributed by atoms with van der Waals surface area (Å²) < 4.78 is 50.6. The van der Waals surface area contributed by atoms with E-state index in [4.69, 9.17) is 9.47 Å². The number of ether oxygens (including phenoxy) is 2. The van der Waals surface area contributed by atoms with E-state index >= 15 is 0 Å². The fourth-order valence-corrected chi connectivity index (χ4v) is 4.65. The van der Waals surface area contributed by atoms with Gasteiger partial charge in [-0.2, -0.15) is 18.3 Å². The third kappa shape index (κ3) is 5.11. The molecule has 1 N–H and O–H groups in total. The monoisotopic (exact) mass is 479 g/mol. The molecular weight excluding hydrogens is 451 g/mol. The van der Waals surface area contributed by atoms with Crippen LogP contribution in [0.2, 0.25) is 0 Å². The molecule has 0 atom stereocenters. The van der Waals surface area contributed by atoms with Crippen molar-refractivity contribution in [2.24, 2.45) is 5.41 Å². The van der Waals surface area contributed by atoms with Gasteiger partial charge in [0.15, 0.2) is 0 Å². The Labute approximate surface area is 195 Å². The van der Waals surface area contributed by atoms with E-state index in [9.17, 15) is 22.8 Å². The minimum atomic E-state index is -4.46. The Bertz CT molecular complexity index is 1040. The number of hydrogen-bond acceptors (Lipinski definition) is 5. The first-order valence-electron chi connectivity index (χ1n) is 11.5. The number of amides is 1. The van der Waals surface area contributed by atoms with E-state index < -0.39 is 17.7 Å². The van der Waals surface area contributed by atoms with Crippen molar-refractivity contribution in [3.63, 3.8) is 0 Å². The quantitative estimate of drug-likeness (QED) is 0.504. The van der Waals surface area contributed by atoms with E-state index in [2.05, 4.69) is 10.4 Å². The van der Waals surface area contributed by atoms with E-state index in [-0.39, 0.29) is 23.5 Å². The van der Waals surface area contributed by atoms with Crippen LogP contribution in [-0.4, -0.2) is 48.0 Å². The highest BCUT2D eigenvalue weighted by Crippen LogP contribution is 2.38. The van der Waals surface area contributed by atoms with Gasteiger partial charge in [0.05, 0.1) is 23.4 Å². The molecule has 2 aliphatic heterocycles. The van der Waals surface area contributed by atoms with Gasteiger partial charge in [-0.25, -0.2) is 4.79 Å². The van der Waals surface area contributed by atoms with Crippen LogP contribution in [0.5, 0.6) is 0 Å². The van der Waals surface area contributed by atoms with Crippen molar-refractivity contribution in [2.75, 3.05) is 26.4 Å². The Morgan fingerprint density at radius 2 is 1.94 bits per heavy atom. The molecule has 0 aliphatic carbocycles. The minimum Gasteiger partial charge on any atom is -0.462 e. The molecule has 2 aromatic rings. The Hall–Kier alpha value is -2.88. The lowest BCUT2D eigenvalue weighted by Gasteiger charge is -2.36. The zero-order valence-corrected chi connectivity index (χ0v) is 19.0. The predicted octanol–water partition coefficient (Wildman–Crippen LogP) is 3.79. The molecule has 184 valence electrons. The summed E-state index contributed by atoms with van der Waals surface area (Å²) in [6.07, 6.45) is -0.969. The first kappa shape index (κ1) is 24.3. The number of benzene rings is 1. The van der Waals surface area contributed by atoms with Crippen molar-refractivity contribution < 1.29 is 32.2 Å². The molecule has 0 bridgehead atoms. The molecule has 1 amide bonds. The van der Waals surface area contributed by atoms with E-state index in [1.165, 1.54) is 0 Å². The number of aryl methyl sites for hydroxylation is 2. The molecule has 1 spiro atoms. The van der Waals surface area contributed by atoms with Crippen LogP contribution in [0.25, 0.3) is 0 Å². The molecule has 4 rings (SSSR count). The second-order valence-corrected chi connectivity index (χ2v) is 8.88. The maximum atomic E-state index is 12.8. The van der Waals surface area contributed by atoms with Gasteiger partial charge < -0.3 is 14.8 Å². The van der Waals surface area contributed by atoms with Crippen LogP contribution in [0, 0.1) is 5.41 Å². The third-order valence-corrected chi connectivity index (χ3v) is 6.62. The summed E-state index contributed by atoms with van der Waals surface area (Å²) in [5.41, 5.74) is 1.57. The summed E-state index contributed by atoms with van der Waals surface area (Å²) in [7, 11) is 0. The van der Waals surface area contributed by atoms with Crippen molar-refractivity contribution in [1.29, 1.82) is 0 Å². The smallest absolute Gasteiger partial charge is 0.416 e. The first-order chi connectivity index (χ1) is 16.2. The van der Waals surface area contributed by atoms with Gasteiger partial charge in [0.2, 0.25) is 0 Å². The number of carbonyl (C=O) groups excluding carboxylic acids is 2. The van der Waals surface area contributed by atoms with E-state index in [1.807, 2.05) is 6.92 Å². The highest BCUT2D eigenvalue weighted by atomic mass is 19.4. The maximum Gasteiger partial charge on any atom is 0.416 e. The number of fused-ring (bicyclic) bond motifs is 1. The summed E-state index contributed by atoms with van der Waals surface area (Å²) >= 11 is 0. The van der Waals surface area contributed by atoms with Crippen molar-refractivity contribution in [3.05, 3.63) is 52.3 Å². The first-order valence-corrected chi connectivity index (χ1v) is 11.5. The van der Waals surface area contributed by atoms with E-state index in [0.29, 0.717) is 44.8 Å². The number of aromatic nitrogens is 2. The van der Waals surface area contributed by atoms with Crippen LogP contribution in [0.3, 0.4) is 0 Å². The minimum absolute atomic E-state index is 0.0510. The molecule has 2 aliphatic rings. The number of esters is 1. The van der Waals surface area contributed by atoms with Gasteiger partial charge in [-0.05, 0) is 68.7 Å². The van der Waals surface area contributed by atoms with Gasteiger partial charge in [-0.15, -0.1) is 0 Å². The fraction of sp³-hybridized carbons (Fsp3) is 0.542. The third-order valence-electron chi connectivity index (χ3n) is 6.62. The SMILES string of the molecule is CCn1nc(CCCOC(=O)c2ccc(C(F)(F)F)cc2)c2c1C(=O)NCC1(CCOCC1)C2. The standard InChI is InChI=1S/C24H28F3N3O4/c1-2-30-20-18(14-23(15-28-21(20)31)9-12-33-13-10-23)19(29-30)4-3-11-34-22(32)16-5-7-17(8-6-16)24(25,26)27/h5-8H,2-4,9-15H2,1H3,(H,28,31). The Morgan fingerprint density at radius 1 is 1.24 bits per heavy atom. The molecular formula is C24H28F3N3O4. The van der Waals surface area contributed by atoms with Crippen molar-refractivity contribution in [3.8, 4) is 0 Å². The van der Waals surface area contributed by atoms with Crippen LogP contribution in [-0.2, 0) is 35.0 Å². The molecule has 1 fully saturated rings. The topological polar surface area (TPSA) is 82.5 Å². The number of alkyl halides is 3. The van der Waals surface area contributed by atoms with Gasteiger partial charge in [-0.1, -0.05) is 0 Å². The Balaban J connectivity index is 1.41. The zero-order chi connectivity index (χ0) is 24.3. The largest absolute Gasteiger partial charge is 0.462 e. The summed E-state index contributed by atoms with van der Waals surface area (Å²) in [6, 6.07) is 3.95. The van der Waals surface area contributed by atoms with Crippen LogP contribution in [0.4, 0.5) is 13.2 Å². The van der Waals surface area contributed by atoms with E-state index in [1.54, 1.807) is 4.68 Å². The number of carbonyl (C=O) groups is 2. The van der Waals surface area contributed by atoms with Crippen LogP contribution >= 0.6 is 0 Å². The van der Waals surface area contributed by atoms with Gasteiger partial charge in [0.25, 0.3) is 5.91 Å². The fourth-order valence-electron chi connectivity index (χ4n) is 4.65. The van der Waals surface area contributed by atoms with Crippen molar-refractivity contribution in [1.82, 2.24) is 15.1 Å². The number of halogens is 3. The van der Waals surface area contributed by atoms with Gasteiger partial charge in [0.1, 0.15) is 5.69 Å². The van der Waals surface area contributed by atoms with Crippen molar-refractivity contribution in [2.45, 2.75) is 51.7 Å². The number of nitrogens with zero attached hydrogens (tertiary/aromatic N) is 2. The Kier molecular flexibility index (Phi) is 6.97. The molecule has 1 saturated heterocycles. The highest BCUT2D eigenvalue weighted by molar-refractivity contribution is 5.94. The van der Waals surface area contributed by atoms with Crippen LogP contribution in [0.15, 0.2) is 24.3 Å². The molecule has 1 aromatic heterocycles. The summed E-state index contributed by atoms with van der Waals surface area (Å²) in [4.78, 5) is 25.0. The maximum absolute atomic E-state index is 12.8. The average Bonchev–Trinajstić information content (AvgIpc) is 3.10. The lowest BCUT2D eigenvalue weighted by molar-refractivity contribution is -0.137. The molecule has 0 radical (unpaired) electrons. The summed E-state index contributed by atoms with van der Waals surface area (Å²) in [6.45, 7) is 4.54.